The topological polar surface area (TPSA) is 17.1 Å². The Morgan fingerprint density at radius 2 is 1.00 bits per heavy atom. The molecule has 0 heterocycles. The molecule has 0 N–H and O–H groups in total. The van der Waals surface area contributed by atoms with Crippen molar-refractivity contribution in [3.05, 3.63) is 60.7 Å². The zero-order chi connectivity index (χ0) is 9.80. The number of hydrogen-bond acceptors (Lipinski definition) is 1. The molecule has 1 nitrogen and oxygen atoms in total. The molecule has 0 saturated heterocycles. The summed E-state index contributed by atoms with van der Waals surface area (Å²) in [7, 11) is -1.79. The van der Waals surface area contributed by atoms with Crippen molar-refractivity contribution in [2.24, 2.45) is 0 Å². The Bertz CT molecular complexity index is 386. The van der Waals surface area contributed by atoms with Crippen LogP contribution in [0, 0.1) is 0 Å². The average Bonchev–Trinajstić information content (AvgIpc) is 2.30. The van der Waals surface area contributed by atoms with E-state index in [-0.39, 0.29) is 20.4 Å². The van der Waals surface area contributed by atoms with Crippen LogP contribution < -0.4 is 10.6 Å². The van der Waals surface area contributed by atoms with Gasteiger partial charge in [-0.1, -0.05) is 60.7 Å². The second kappa shape index (κ2) is 6.03. The standard InChI is InChI=1S/C12H11OP.Pd/c13-14(11-7-3-1-4-8-11)12-9-5-2-6-10-12;/h1-10,14H;. The van der Waals surface area contributed by atoms with E-state index >= 15 is 0 Å². The first-order chi connectivity index (χ1) is 6.88. The van der Waals surface area contributed by atoms with Gasteiger partial charge in [-0.25, -0.2) is 0 Å². The van der Waals surface area contributed by atoms with Gasteiger partial charge in [-0.3, -0.25) is 0 Å². The van der Waals surface area contributed by atoms with Crippen LogP contribution in [-0.4, -0.2) is 0 Å². The van der Waals surface area contributed by atoms with E-state index in [1.165, 1.54) is 0 Å². The fourth-order valence-corrected chi connectivity index (χ4v) is 2.67. The van der Waals surface area contributed by atoms with Gasteiger partial charge in [0.05, 0.1) is 0 Å². The predicted octanol–water partition coefficient (Wildman–Crippen LogP) is 2.19. The molecular formula is C12H11OPPd. The SMILES string of the molecule is O=[PH](c1ccccc1)c1ccccc1.[Pd]. The van der Waals surface area contributed by atoms with Crippen LogP contribution in [-0.2, 0) is 25.0 Å². The van der Waals surface area contributed by atoms with Crippen molar-refractivity contribution in [2.45, 2.75) is 0 Å². The fourth-order valence-electron chi connectivity index (χ4n) is 1.35. The van der Waals surface area contributed by atoms with Crippen LogP contribution in [0.5, 0.6) is 0 Å². The predicted molar refractivity (Wildman–Crippen MR) is 61.2 cm³/mol. The molecule has 2 rings (SSSR count). The van der Waals surface area contributed by atoms with Crippen LogP contribution in [0.4, 0.5) is 0 Å². The molecule has 0 aromatic heterocycles. The molecule has 0 atom stereocenters. The first kappa shape index (κ1) is 12.4. The molecule has 0 radical (unpaired) electrons. The molecule has 0 unspecified atom stereocenters. The maximum atomic E-state index is 12.0. The summed E-state index contributed by atoms with van der Waals surface area (Å²) in [5, 5.41) is 1.84. The second-order valence-electron chi connectivity index (χ2n) is 3.06. The van der Waals surface area contributed by atoms with Crippen LogP contribution in [0.3, 0.4) is 0 Å². The van der Waals surface area contributed by atoms with E-state index in [2.05, 4.69) is 0 Å². The summed E-state index contributed by atoms with van der Waals surface area (Å²) in [4.78, 5) is 0. The molecule has 0 fully saturated rings. The number of benzene rings is 2. The molecule has 80 valence electrons. The van der Waals surface area contributed by atoms with Crippen molar-refractivity contribution in [1.82, 2.24) is 0 Å². The maximum absolute atomic E-state index is 12.0. The van der Waals surface area contributed by atoms with Crippen LogP contribution in [0.1, 0.15) is 0 Å². The van der Waals surface area contributed by atoms with E-state index in [0.717, 1.165) is 10.6 Å². The Hall–Kier alpha value is -0.668. The van der Waals surface area contributed by atoms with Crippen LogP contribution in [0.15, 0.2) is 60.7 Å². The molecule has 0 spiro atoms. The third-order valence-corrected chi connectivity index (χ3v) is 3.79. The molecule has 3 heteroatoms. The van der Waals surface area contributed by atoms with E-state index in [1.54, 1.807) is 0 Å². The Morgan fingerprint density at radius 3 is 1.33 bits per heavy atom. The van der Waals surface area contributed by atoms with Gasteiger partial charge in [0.15, 0.2) is 0 Å². The zero-order valence-electron chi connectivity index (χ0n) is 8.00. The summed E-state index contributed by atoms with van der Waals surface area (Å²) in [5.41, 5.74) is 0. The third-order valence-electron chi connectivity index (χ3n) is 2.07. The molecule has 2 aromatic carbocycles. The Labute approximate surface area is 104 Å². The molecule has 15 heavy (non-hydrogen) atoms. The fraction of sp³-hybridized carbons (Fsp3) is 0. The van der Waals surface area contributed by atoms with Crippen molar-refractivity contribution < 1.29 is 25.0 Å². The van der Waals surface area contributed by atoms with Gasteiger partial charge >= 0.3 is 0 Å². The van der Waals surface area contributed by atoms with E-state index in [0.29, 0.717) is 0 Å². The summed E-state index contributed by atoms with van der Waals surface area (Å²) in [6.45, 7) is 0. The normalized spacial score (nSPS) is 9.67. The Balaban J connectivity index is 0.00000112. The summed E-state index contributed by atoms with van der Waals surface area (Å²) in [6, 6.07) is 19.2. The van der Waals surface area contributed by atoms with Crippen LogP contribution in [0.2, 0.25) is 0 Å². The van der Waals surface area contributed by atoms with Gasteiger partial charge in [0.25, 0.3) is 0 Å². The van der Waals surface area contributed by atoms with E-state index in [1.807, 2.05) is 60.7 Å². The van der Waals surface area contributed by atoms with Gasteiger partial charge in [0, 0.05) is 31.0 Å². The zero-order valence-corrected chi connectivity index (χ0v) is 10.6. The summed E-state index contributed by atoms with van der Waals surface area (Å²) in [5.74, 6) is 0. The van der Waals surface area contributed by atoms with Gasteiger partial charge in [0.1, 0.15) is 7.80 Å². The molecule has 0 bridgehead atoms. The molecular weight excluding hydrogens is 298 g/mol. The minimum Gasteiger partial charge on any atom is -0.317 e. The summed E-state index contributed by atoms with van der Waals surface area (Å²) >= 11 is 0. The molecule has 0 saturated carbocycles. The molecule has 0 amide bonds. The monoisotopic (exact) mass is 308 g/mol. The van der Waals surface area contributed by atoms with Crippen molar-refractivity contribution in [2.75, 3.05) is 0 Å². The van der Waals surface area contributed by atoms with Gasteiger partial charge in [-0.05, 0) is 0 Å². The van der Waals surface area contributed by atoms with Gasteiger partial charge in [0.2, 0.25) is 0 Å². The summed E-state index contributed by atoms with van der Waals surface area (Å²) in [6.07, 6.45) is 0. The van der Waals surface area contributed by atoms with Crippen molar-refractivity contribution in [3.63, 3.8) is 0 Å². The number of hydrogen-bond donors (Lipinski definition) is 0. The van der Waals surface area contributed by atoms with Crippen molar-refractivity contribution in [3.8, 4) is 0 Å². The largest absolute Gasteiger partial charge is 0.317 e. The second-order valence-corrected chi connectivity index (χ2v) is 4.87. The van der Waals surface area contributed by atoms with Crippen LogP contribution in [0.25, 0.3) is 0 Å². The quantitative estimate of drug-likeness (QED) is 0.614. The van der Waals surface area contributed by atoms with Crippen LogP contribution >= 0.6 is 7.80 Å². The number of rotatable bonds is 2. The van der Waals surface area contributed by atoms with Gasteiger partial charge in [-0.15, -0.1) is 0 Å². The average molecular weight is 309 g/mol. The molecule has 2 aromatic rings. The Kier molecular flexibility index (Phi) is 4.99. The van der Waals surface area contributed by atoms with E-state index in [4.69, 9.17) is 0 Å². The minimum absolute atomic E-state index is 0. The molecule has 0 aliphatic heterocycles. The summed E-state index contributed by atoms with van der Waals surface area (Å²) < 4.78 is 12.0. The van der Waals surface area contributed by atoms with Gasteiger partial charge < -0.3 is 4.57 Å². The first-order valence-corrected chi connectivity index (χ1v) is 5.93. The van der Waals surface area contributed by atoms with Crippen molar-refractivity contribution >= 4 is 18.4 Å². The third kappa shape index (κ3) is 3.15. The van der Waals surface area contributed by atoms with E-state index < -0.39 is 7.80 Å². The first-order valence-electron chi connectivity index (χ1n) is 4.53. The maximum Gasteiger partial charge on any atom is 0.131 e. The van der Waals surface area contributed by atoms with E-state index in [9.17, 15) is 4.57 Å². The minimum atomic E-state index is -1.79. The molecule has 0 aliphatic carbocycles. The smallest absolute Gasteiger partial charge is 0.131 e. The van der Waals surface area contributed by atoms with Crippen molar-refractivity contribution in [1.29, 1.82) is 0 Å². The van der Waals surface area contributed by atoms with Gasteiger partial charge in [-0.2, -0.15) is 0 Å². The molecule has 0 aliphatic rings. The Morgan fingerprint density at radius 1 is 0.667 bits per heavy atom.